The molecule has 0 fully saturated rings. The van der Waals surface area contributed by atoms with Crippen molar-refractivity contribution >= 4 is 27.3 Å². The van der Waals surface area contributed by atoms with Crippen LogP contribution in [0.1, 0.15) is 31.1 Å². The fraction of sp³-hybridized carbons (Fsp3) is 0.357. The maximum atomic E-state index is 13.1. The Kier molecular flexibility index (Phi) is 5.06. The van der Waals surface area contributed by atoms with Crippen molar-refractivity contribution in [2.45, 2.75) is 26.1 Å². The van der Waals surface area contributed by atoms with Crippen LogP contribution in [-0.4, -0.2) is 11.5 Å². The minimum absolute atomic E-state index is 0.0183. The molecule has 21 heavy (non-hydrogen) atoms. The van der Waals surface area contributed by atoms with Crippen molar-refractivity contribution in [3.05, 3.63) is 39.3 Å². The van der Waals surface area contributed by atoms with Crippen LogP contribution in [-0.2, 0) is 6.18 Å². The lowest BCUT2D eigenvalue weighted by Crippen LogP contribution is -2.17. The van der Waals surface area contributed by atoms with Gasteiger partial charge in [0.1, 0.15) is 5.01 Å². The molecule has 2 aromatic rings. The third kappa shape index (κ3) is 3.84. The van der Waals surface area contributed by atoms with Gasteiger partial charge in [0.2, 0.25) is 0 Å². The number of hydrogen-bond donors (Lipinski definition) is 1. The van der Waals surface area contributed by atoms with Crippen LogP contribution in [0.15, 0.2) is 28.1 Å². The molecular weight excluding hydrogens is 365 g/mol. The summed E-state index contributed by atoms with van der Waals surface area (Å²) in [6.07, 6.45) is -4.40. The lowest BCUT2D eigenvalue weighted by Gasteiger charge is -2.12. The van der Waals surface area contributed by atoms with Crippen LogP contribution >= 0.6 is 27.3 Å². The zero-order chi connectivity index (χ0) is 15.6. The van der Waals surface area contributed by atoms with Gasteiger partial charge < -0.3 is 5.32 Å². The van der Waals surface area contributed by atoms with Gasteiger partial charge in [0.15, 0.2) is 0 Å². The van der Waals surface area contributed by atoms with Gasteiger partial charge in [0, 0.05) is 21.5 Å². The summed E-state index contributed by atoms with van der Waals surface area (Å²) >= 11 is 4.31. The highest BCUT2D eigenvalue weighted by molar-refractivity contribution is 9.10. The summed E-state index contributed by atoms with van der Waals surface area (Å²) in [5.41, 5.74) is 0.201. The number of thiazole rings is 1. The van der Waals surface area contributed by atoms with E-state index in [1.165, 1.54) is 17.4 Å². The Balaban J connectivity index is 2.43. The Bertz CT molecular complexity index is 625. The monoisotopic (exact) mass is 378 g/mol. The van der Waals surface area contributed by atoms with Gasteiger partial charge in [0.25, 0.3) is 0 Å². The molecule has 2 nitrogen and oxygen atoms in total. The molecule has 0 aliphatic heterocycles. The maximum absolute atomic E-state index is 13.1. The van der Waals surface area contributed by atoms with Gasteiger partial charge >= 0.3 is 6.18 Å². The summed E-state index contributed by atoms with van der Waals surface area (Å²) in [6.45, 7) is 4.69. The predicted octanol–water partition coefficient (Wildman–Crippen LogP) is 5.26. The Morgan fingerprint density at radius 1 is 1.38 bits per heavy atom. The fourth-order valence-electron chi connectivity index (χ4n) is 1.96. The molecule has 0 radical (unpaired) electrons. The van der Waals surface area contributed by atoms with E-state index in [0.717, 1.165) is 18.3 Å². The number of rotatable bonds is 4. The molecule has 1 unspecified atom stereocenters. The second-order valence-electron chi connectivity index (χ2n) is 4.54. The van der Waals surface area contributed by atoms with Crippen LogP contribution in [0.4, 0.5) is 13.2 Å². The van der Waals surface area contributed by atoms with Crippen LogP contribution in [0, 0.1) is 0 Å². The molecule has 114 valence electrons. The zero-order valence-corrected chi connectivity index (χ0v) is 13.9. The van der Waals surface area contributed by atoms with E-state index in [4.69, 9.17) is 0 Å². The molecule has 2 rings (SSSR count). The fourth-order valence-corrected chi connectivity index (χ4v) is 3.27. The Hall–Kier alpha value is -0.920. The van der Waals surface area contributed by atoms with Gasteiger partial charge in [0.05, 0.1) is 11.3 Å². The molecule has 1 aromatic carbocycles. The van der Waals surface area contributed by atoms with Crippen LogP contribution in [0.3, 0.4) is 0 Å². The third-order valence-corrected chi connectivity index (χ3v) is 4.38. The minimum Gasteiger partial charge on any atom is -0.309 e. The van der Waals surface area contributed by atoms with E-state index in [0.29, 0.717) is 9.48 Å². The van der Waals surface area contributed by atoms with Crippen LogP contribution in [0.25, 0.3) is 10.6 Å². The van der Waals surface area contributed by atoms with Crippen LogP contribution < -0.4 is 5.32 Å². The summed E-state index contributed by atoms with van der Waals surface area (Å²) in [7, 11) is 0. The molecular formula is C14H14BrF3N2S. The molecule has 1 atom stereocenters. The second kappa shape index (κ2) is 6.46. The van der Waals surface area contributed by atoms with Gasteiger partial charge in [-0.1, -0.05) is 28.9 Å². The normalized spacial score (nSPS) is 13.4. The lowest BCUT2D eigenvalue weighted by molar-refractivity contribution is -0.137. The molecule has 0 bridgehead atoms. The van der Waals surface area contributed by atoms with Crippen molar-refractivity contribution in [1.82, 2.24) is 10.3 Å². The Morgan fingerprint density at radius 2 is 2.10 bits per heavy atom. The highest BCUT2D eigenvalue weighted by Crippen LogP contribution is 2.39. The van der Waals surface area contributed by atoms with Gasteiger partial charge in [-0.05, 0) is 25.6 Å². The summed E-state index contributed by atoms with van der Waals surface area (Å²) < 4.78 is 39.8. The molecule has 0 spiro atoms. The molecule has 7 heteroatoms. The first-order valence-electron chi connectivity index (χ1n) is 6.39. The number of aromatic nitrogens is 1. The molecule has 0 saturated carbocycles. The first kappa shape index (κ1) is 16.5. The highest BCUT2D eigenvalue weighted by atomic mass is 79.9. The topological polar surface area (TPSA) is 24.9 Å². The minimum atomic E-state index is -4.40. The number of hydrogen-bond acceptors (Lipinski definition) is 3. The van der Waals surface area contributed by atoms with Crippen molar-refractivity contribution in [2.24, 2.45) is 0 Å². The van der Waals surface area contributed by atoms with E-state index in [1.807, 2.05) is 13.8 Å². The average Bonchev–Trinajstić information content (AvgIpc) is 2.87. The quantitative estimate of drug-likeness (QED) is 0.784. The van der Waals surface area contributed by atoms with E-state index in [-0.39, 0.29) is 11.6 Å². The van der Waals surface area contributed by atoms with Crippen molar-refractivity contribution in [2.75, 3.05) is 6.54 Å². The molecule has 1 heterocycles. The maximum Gasteiger partial charge on any atom is 0.417 e. The number of alkyl halides is 3. The van der Waals surface area contributed by atoms with E-state index < -0.39 is 11.7 Å². The number of nitrogens with one attached hydrogen (secondary N) is 1. The van der Waals surface area contributed by atoms with Gasteiger partial charge in [-0.15, -0.1) is 11.3 Å². The van der Waals surface area contributed by atoms with E-state index >= 15 is 0 Å². The van der Waals surface area contributed by atoms with Crippen molar-refractivity contribution < 1.29 is 13.2 Å². The van der Waals surface area contributed by atoms with E-state index in [2.05, 4.69) is 26.2 Å². The van der Waals surface area contributed by atoms with E-state index in [1.54, 1.807) is 11.4 Å². The SMILES string of the molecule is CCNC(C)c1csc(-c2ccc(Br)cc2C(F)(F)F)n1. The molecule has 1 aromatic heterocycles. The third-order valence-electron chi connectivity index (χ3n) is 2.99. The van der Waals surface area contributed by atoms with Crippen molar-refractivity contribution in [1.29, 1.82) is 0 Å². The molecule has 0 saturated heterocycles. The molecule has 0 aliphatic carbocycles. The van der Waals surface area contributed by atoms with E-state index in [9.17, 15) is 13.2 Å². The molecule has 0 aliphatic rings. The smallest absolute Gasteiger partial charge is 0.309 e. The van der Waals surface area contributed by atoms with Crippen LogP contribution in [0.2, 0.25) is 0 Å². The second-order valence-corrected chi connectivity index (χ2v) is 6.32. The number of halogens is 4. The average molecular weight is 379 g/mol. The van der Waals surface area contributed by atoms with Gasteiger partial charge in [-0.25, -0.2) is 4.98 Å². The number of nitrogens with zero attached hydrogens (tertiary/aromatic N) is 1. The first-order chi connectivity index (χ1) is 9.82. The summed E-state index contributed by atoms with van der Waals surface area (Å²) in [6, 6.07) is 4.15. The first-order valence-corrected chi connectivity index (χ1v) is 8.06. The highest BCUT2D eigenvalue weighted by Gasteiger charge is 2.34. The van der Waals surface area contributed by atoms with Gasteiger partial charge in [-0.2, -0.15) is 13.2 Å². The summed E-state index contributed by atoms with van der Waals surface area (Å²) in [5.74, 6) is 0. The summed E-state index contributed by atoms with van der Waals surface area (Å²) in [5, 5.41) is 5.38. The van der Waals surface area contributed by atoms with Gasteiger partial charge in [-0.3, -0.25) is 0 Å². The Labute approximate surface area is 133 Å². The standard InChI is InChI=1S/C14H14BrF3N2S/c1-3-19-8(2)12-7-21-13(20-12)10-5-4-9(15)6-11(10)14(16,17)18/h4-8,19H,3H2,1-2H3. The Morgan fingerprint density at radius 3 is 2.71 bits per heavy atom. The molecule has 0 amide bonds. The molecule has 1 N–H and O–H groups in total. The summed E-state index contributed by atoms with van der Waals surface area (Å²) in [4.78, 5) is 4.34. The number of benzene rings is 1. The predicted molar refractivity (Wildman–Crippen MR) is 82.3 cm³/mol. The van der Waals surface area contributed by atoms with Crippen LogP contribution in [0.5, 0.6) is 0 Å². The van der Waals surface area contributed by atoms with Crippen molar-refractivity contribution in [3.63, 3.8) is 0 Å². The largest absolute Gasteiger partial charge is 0.417 e. The zero-order valence-electron chi connectivity index (χ0n) is 11.5. The lowest BCUT2D eigenvalue weighted by atomic mass is 10.1. The van der Waals surface area contributed by atoms with Crippen molar-refractivity contribution in [3.8, 4) is 10.6 Å².